The lowest BCUT2D eigenvalue weighted by molar-refractivity contribution is -0.138. The normalized spacial score (nSPS) is 14.2. The van der Waals surface area contributed by atoms with Gasteiger partial charge in [-0.25, -0.2) is 0 Å². The molecule has 0 saturated heterocycles. The van der Waals surface area contributed by atoms with E-state index in [1.54, 1.807) is 13.8 Å². The molecular weight excluding hydrogens is 342 g/mol. The number of unbranched alkanes of at least 4 members (excludes halogenated alkanes) is 1. The summed E-state index contributed by atoms with van der Waals surface area (Å²) in [6.07, 6.45) is 1.55. The number of hydrogen-bond donors (Lipinski definition) is 6. The molecule has 0 saturated carbocycles. The first kappa shape index (κ1) is 23.8. The predicted octanol–water partition coefficient (Wildman–Crippen LogP) is -1.71. The van der Waals surface area contributed by atoms with Gasteiger partial charge in [-0.15, -0.1) is 0 Å². The summed E-state index contributed by atoms with van der Waals surface area (Å²) in [4.78, 5) is 47.1. The van der Waals surface area contributed by atoms with E-state index >= 15 is 0 Å². The second-order valence-corrected chi connectivity index (χ2v) is 6.48. The third-order valence-electron chi connectivity index (χ3n) is 3.65. The summed E-state index contributed by atoms with van der Waals surface area (Å²) in [5, 5.41) is 16.1. The van der Waals surface area contributed by atoms with E-state index in [0.717, 1.165) is 0 Å². The number of carbonyl (C=O) groups is 4. The maximum Gasteiger partial charge on any atom is 0.322 e. The molecule has 0 aromatic rings. The molecule has 8 N–H and O–H groups in total. The van der Waals surface area contributed by atoms with Crippen LogP contribution >= 0.6 is 0 Å². The highest BCUT2D eigenvalue weighted by atomic mass is 16.4. The molecule has 150 valence electrons. The minimum Gasteiger partial charge on any atom is -0.480 e. The number of carbonyl (C=O) groups excluding carboxylic acids is 3. The maximum atomic E-state index is 12.5. The fourth-order valence-corrected chi connectivity index (χ4v) is 2.13. The molecule has 0 fully saturated rings. The van der Waals surface area contributed by atoms with Crippen LogP contribution in [-0.4, -0.2) is 60.0 Å². The van der Waals surface area contributed by atoms with Crippen molar-refractivity contribution in [3.05, 3.63) is 0 Å². The van der Waals surface area contributed by atoms with Crippen molar-refractivity contribution in [3.8, 4) is 0 Å². The van der Waals surface area contributed by atoms with Gasteiger partial charge in [0.05, 0.1) is 6.04 Å². The highest BCUT2D eigenvalue weighted by Crippen LogP contribution is 2.06. The van der Waals surface area contributed by atoms with Crippen molar-refractivity contribution >= 4 is 23.7 Å². The molecule has 0 bridgehead atoms. The van der Waals surface area contributed by atoms with Crippen molar-refractivity contribution in [2.45, 2.75) is 58.2 Å². The minimum absolute atomic E-state index is 0.232. The molecule has 3 atom stereocenters. The van der Waals surface area contributed by atoms with Crippen LogP contribution in [0.15, 0.2) is 0 Å². The number of hydrogen-bond acceptors (Lipinski definition) is 6. The summed E-state index contributed by atoms with van der Waals surface area (Å²) in [6.45, 7) is 4.90. The zero-order valence-corrected chi connectivity index (χ0v) is 15.6. The van der Waals surface area contributed by atoms with Crippen molar-refractivity contribution in [1.82, 2.24) is 16.0 Å². The Labute approximate surface area is 153 Å². The monoisotopic (exact) mass is 373 g/mol. The van der Waals surface area contributed by atoms with Crippen LogP contribution in [0, 0.1) is 5.92 Å². The molecule has 3 amide bonds. The van der Waals surface area contributed by atoms with E-state index in [0.29, 0.717) is 25.8 Å². The Hall–Kier alpha value is -2.20. The number of rotatable bonds is 12. The van der Waals surface area contributed by atoms with Crippen molar-refractivity contribution in [1.29, 1.82) is 0 Å². The van der Waals surface area contributed by atoms with E-state index < -0.39 is 48.4 Å². The smallest absolute Gasteiger partial charge is 0.322 e. The first-order valence-electron chi connectivity index (χ1n) is 8.66. The third-order valence-corrected chi connectivity index (χ3v) is 3.65. The Morgan fingerprint density at radius 2 is 1.58 bits per heavy atom. The number of aliphatic carboxylic acids is 1. The largest absolute Gasteiger partial charge is 0.480 e. The van der Waals surface area contributed by atoms with Gasteiger partial charge in [0.2, 0.25) is 17.7 Å². The summed E-state index contributed by atoms with van der Waals surface area (Å²) in [5.74, 6) is -3.02. The molecule has 0 aromatic heterocycles. The number of nitrogens with one attached hydrogen (secondary N) is 3. The van der Waals surface area contributed by atoms with Gasteiger partial charge in [-0.05, 0) is 38.6 Å². The van der Waals surface area contributed by atoms with Crippen molar-refractivity contribution in [2.75, 3.05) is 13.1 Å². The molecule has 0 aliphatic heterocycles. The Morgan fingerprint density at radius 3 is 2.04 bits per heavy atom. The number of amides is 3. The number of carboxylic acid groups (broad SMARTS) is 1. The fraction of sp³-hybridized carbons (Fsp3) is 0.750. The molecule has 0 radical (unpaired) electrons. The molecule has 3 unspecified atom stereocenters. The van der Waals surface area contributed by atoms with Crippen molar-refractivity contribution in [3.63, 3.8) is 0 Å². The topological polar surface area (TPSA) is 177 Å². The van der Waals surface area contributed by atoms with Crippen LogP contribution in [0.1, 0.15) is 40.0 Å². The van der Waals surface area contributed by atoms with Crippen molar-refractivity contribution in [2.24, 2.45) is 17.4 Å². The standard InChI is InChI=1S/C16H31N5O5/c1-9(2)13(21-14(24)10(3)18)16(26)20-11(6-4-5-7-17)15(25)19-8-12(22)23/h9-11,13H,4-8,17-18H2,1-3H3,(H,19,25)(H,20,26)(H,21,24)(H,22,23). The molecule has 0 rings (SSSR count). The quantitative estimate of drug-likeness (QED) is 0.221. The molecule has 26 heavy (non-hydrogen) atoms. The van der Waals surface area contributed by atoms with Gasteiger partial charge in [0.25, 0.3) is 0 Å². The molecule has 0 aliphatic rings. The van der Waals surface area contributed by atoms with E-state index in [9.17, 15) is 19.2 Å². The van der Waals surface area contributed by atoms with Crippen molar-refractivity contribution < 1.29 is 24.3 Å². The Morgan fingerprint density at radius 1 is 0.962 bits per heavy atom. The zero-order valence-electron chi connectivity index (χ0n) is 15.6. The van der Waals surface area contributed by atoms with E-state index in [-0.39, 0.29) is 5.92 Å². The lowest BCUT2D eigenvalue weighted by Gasteiger charge is -2.25. The molecule has 10 heteroatoms. The Balaban J connectivity index is 5.05. The van der Waals surface area contributed by atoms with E-state index in [2.05, 4.69) is 16.0 Å². The van der Waals surface area contributed by atoms with Crippen LogP contribution in [-0.2, 0) is 19.2 Å². The molecule has 0 aromatic carbocycles. The first-order valence-corrected chi connectivity index (χ1v) is 8.66. The van der Waals surface area contributed by atoms with E-state index in [1.165, 1.54) is 6.92 Å². The van der Waals surface area contributed by atoms with Gasteiger partial charge in [-0.2, -0.15) is 0 Å². The van der Waals surface area contributed by atoms with Crippen LogP contribution in [0.25, 0.3) is 0 Å². The molecular formula is C16H31N5O5. The molecule has 0 heterocycles. The van der Waals surface area contributed by atoms with Gasteiger partial charge in [-0.1, -0.05) is 13.8 Å². The lowest BCUT2D eigenvalue weighted by atomic mass is 10.0. The van der Waals surface area contributed by atoms with Gasteiger partial charge in [0.15, 0.2) is 0 Å². The zero-order chi connectivity index (χ0) is 20.3. The van der Waals surface area contributed by atoms with Gasteiger partial charge < -0.3 is 32.5 Å². The van der Waals surface area contributed by atoms with Gasteiger partial charge in [-0.3, -0.25) is 19.2 Å². The molecule has 0 spiro atoms. The van der Waals surface area contributed by atoms with Crippen LogP contribution in [0.2, 0.25) is 0 Å². The summed E-state index contributed by atoms with van der Waals surface area (Å²) < 4.78 is 0. The van der Waals surface area contributed by atoms with E-state index in [1.807, 2.05) is 0 Å². The van der Waals surface area contributed by atoms with Crippen LogP contribution in [0.3, 0.4) is 0 Å². The summed E-state index contributed by atoms with van der Waals surface area (Å²) >= 11 is 0. The molecule has 10 nitrogen and oxygen atoms in total. The molecule has 0 aliphatic carbocycles. The minimum atomic E-state index is -1.19. The van der Waals surface area contributed by atoms with Crippen LogP contribution in [0.5, 0.6) is 0 Å². The fourth-order valence-electron chi connectivity index (χ4n) is 2.13. The number of carboxylic acids is 1. The SMILES string of the molecule is CC(N)C(=O)NC(C(=O)NC(CCCCN)C(=O)NCC(=O)O)C(C)C. The average Bonchev–Trinajstić information content (AvgIpc) is 2.55. The number of nitrogens with two attached hydrogens (primary N) is 2. The second kappa shape index (κ2) is 12.2. The van der Waals surface area contributed by atoms with E-state index in [4.69, 9.17) is 16.6 Å². The summed E-state index contributed by atoms with van der Waals surface area (Å²) in [7, 11) is 0. The van der Waals surface area contributed by atoms with Gasteiger partial charge >= 0.3 is 5.97 Å². The van der Waals surface area contributed by atoms with Gasteiger partial charge in [0, 0.05) is 0 Å². The van der Waals surface area contributed by atoms with Crippen LogP contribution < -0.4 is 27.4 Å². The third kappa shape index (κ3) is 9.33. The van der Waals surface area contributed by atoms with Gasteiger partial charge in [0.1, 0.15) is 18.6 Å². The van der Waals surface area contributed by atoms with Crippen LogP contribution in [0.4, 0.5) is 0 Å². The summed E-state index contributed by atoms with van der Waals surface area (Å²) in [6, 6.07) is -2.55. The maximum absolute atomic E-state index is 12.5. The average molecular weight is 373 g/mol. The highest BCUT2D eigenvalue weighted by molar-refractivity contribution is 5.93. The second-order valence-electron chi connectivity index (χ2n) is 6.48. The lowest BCUT2D eigenvalue weighted by Crippen LogP contribution is -2.57. The predicted molar refractivity (Wildman–Crippen MR) is 95.9 cm³/mol. The summed E-state index contributed by atoms with van der Waals surface area (Å²) in [5.41, 5.74) is 10.9. The Bertz CT molecular complexity index is 495. The highest BCUT2D eigenvalue weighted by Gasteiger charge is 2.29. The first-order chi connectivity index (χ1) is 12.1. The Kier molecular flexibility index (Phi) is 11.2.